The number of methoxy groups -OCH3 is 1. The minimum atomic E-state index is -3.94. The van der Waals surface area contributed by atoms with Crippen molar-refractivity contribution in [2.75, 3.05) is 20.2 Å². The normalized spacial score (nSPS) is 16.4. The number of carbonyl (C=O) groups is 3. The highest BCUT2D eigenvalue weighted by atomic mass is 32.2. The van der Waals surface area contributed by atoms with E-state index in [2.05, 4.69) is 10.8 Å². The average Bonchev–Trinajstić information content (AvgIpc) is 3.18. The minimum absolute atomic E-state index is 0.0440. The van der Waals surface area contributed by atoms with Crippen molar-refractivity contribution in [2.24, 2.45) is 5.92 Å². The number of rotatable bonds is 9. The number of fused-ring (bicyclic) bond motifs is 1. The summed E-state index contributed by atoms with van der Waals surface area (Å²) < 4.78 is 33.7. The molecule has 3 rings (SSSR count). The van der Waals surface area contributed by atoms with Gasteiger partial charge in [-0.2, -0.15) is 0 Å². The fraction of sp³-hybridized carbons (Fsp3) is 0.609. The average molecular weight is 497 g/mol. The summed E-state index contributed by atoms with van der Waals surface area (Å²) in [7, 11) is -2.72. The third-order valence-electron chi connectivity index (χ3n) is 5.90. The first-order chi connectivity index (χ1) is 15.6. The highest BCUT2D eigenvalue weighted by molar-refractivity contribution is 7.91. The van der Waals surface area contributed by atoms with E-state index in [-0.39, 0.29) is 41.7 Å². The molecule has 0 saturated heterocycles. The molecule has 10 heteroatoms. The van der Waals surface area contributed by atoms with Gasteiger partial charge >= 0.3 is 5.97 Å². The minimum Gasteiger partial charge on any atom is -0.465 e. The van der Waals surface area contributed by atoms with Gasteiger partial charge in [-0.3, -0.25) is 9.59 Å². The SMILES string of the molecule is COC(=O)c1c(S(=O)(=O)NCCC2=CCCCC2)sc2c1CCN(C(=O)C(=O)CC(C)C)C2. The number of carbonyl (C=O) groups excluding carboxylic acids is 3. The van der Waals surface area contributed by atoms with Gasteiger partial charge in [0.1, 0.15) is 4.21 Å². The van der Waals surface area contributed by atoms with Crippen LogP contribution in [0.15, 0.2) is 15.9 Å². The van der Waals surface area contributed by atoms with Gasteiger partial charge in [0, 0.05) is 24.4 Å². The Kier molecular flexibility index (Phi) is 8.47. The summed E-state index contributed by atoms with van der Waals surface area (Å²) in [5.74, 6) is -1.66. The molecular weight excluding hydrogens is 464 g/mol. The molecule has 1 aromatic rings. The van der Waals surface area contributed by atoms with Gasteiger partial charge in [-0.15, -0.1) is 11.3 Å². The summed E-state index contributed by atoms with van der Waals surface area (Å²) in [5.41, 5.74) is 1.88. The van der Waals surface area contributed by atoms with Crippen molar-refractivity contribution in [1.29, 1.82) is 0 Å². The Hall–Kier alpha value is -2.04. The smallest absolute Gasteiger partial charge is 0.340 e. The van der Waals surface area contributed by atoms with Crippen molar-refractivity contribution < 1.29 is 27.5 Å². The molecular formula is C23H32N2O6S2. The molecule has 182 valence electrons. The number of esters is 1. The first-order valence-corrected chi connectivity index (χ1v) is 13.7. The Morgan fingerprint density at radius 2 is 1.97 bits per heavy atom. The van der Waals surface area contributed by atoms with Crippen LogP contribution in [-0.2, 0) is 37.3 Å². The van der Waals surface area contributed by atoms with Crippen LogP contribution in [-0.4, -0.2) is 51.2 Å². The van der Waals surface area contributed by atoms with Crippen molar-refractivity contribution in [1.82, 2.24) is 9.62 Å². The summed E-state index contributed by atoms with van der Waals surface area (Å²) in [6.07, 6.45) is 7.58. The Morgan fingerprint density at radius 3 is 2.61 bits per heavy atom. The van der Waals surface area contributed by atoms with Gasteiger partial charge < -0.3 is 9.64 Å². The van der Waals surface area contributed by atoms with Crippen LogP contribution >= 0.6 is 11.3 Å². The zero-order valence-electron chi connectivity index (χ0n) is 19.4. The van der Waals surface area contributed by atoms with Gasteiger partial charge in [0.2, 0.25) is 5.78 Å². The van der Waals surface area contributed by atoms with Gasteiger partial charge in [-0.25, -0.2) is 17.9 Å². The topological polar surface area (TPSA) is 110 Å². The Bertz CT molecular complexity index is 1060. The third kappa shape index (κ3) is 6.10. The van der Waals surface area contributed by atoms with Crippen molar-refractivity contribution in [3.63, 3.8) is 0 Å². The predicted molar refractivity (Wildman–Crippen MR) is 126 cm³/mol. The van der Waals surface area contributed by atoms with Crippen LogP contribution in [0, 0.1) is 5.92 Å². The Balaban J connectivity index is 1.81. The number of amides is 1. The summed E-state index contributed by atoms with van der Waals surface area (Å²) in [5, 5.41) is 0. The summed E-state index contributed by atoms with van der Waals surface area (Å²) in [4.78, 5) is 39.4. The lowest BCUT2D eigenvalue weighted by molar-refractivity contribution is -0.145. The number of hydrogen-bond acceptors (Lipinski definition) is 7. The molecule has 0 saturated carbocycles. The van der Waals surface area contributed by atoms with E-state index in [4.69, 9.17) is 4.74 Å². The number of hydrogen-bond donors (Lipinski definition) is 1. The number of ether oxygens (including phenoxy) is 1. The second kappa shape index (κ2) is 10.9. The molecule has 1 aromatic heterocycles. The second-order valence-corrected chi connectivity index (χ2v) is 12.0. The number of Topliss-reactive ketones (excluding diaryl/α,β-unsaturated/α-hetero) is 1. The predicted octanol–water partition coefficient (Wildman–Crippen LogP) is 3.20. The maximum Gasteiger partial charge on any atom is 0.340 e. The zero-order chi connectivity index (χ0) is 24.2. The molecule has 33 heavy (non-hydrogen) atoms. The molecule has 1 amide bonds. The van der Waals surface area contributed by atoms with Gasteiger partial charge in [0.25, 0.3) is 15.9 Å². The summed E-state index contributed by atoms with van der Waals surface area (Å²) >= 11 is 0.974. The maximum absolute atomic E-state index is 13.1. The van der Waals surface area contributed by atoms with E-state index in [0.717, 1.165) is 30.6 Å². The standard InChI is InChI=1S/C23H32N2O6S2/c1-15(2)13-18(26)21(27)25-12-10-17-19(14-25)32-23(20(17)22(28)31-3)33(29,30)24-11-9-16-7-5-4-6-8-16/h7,15,24H,4-6,8-14H2,1-3H3. The number of ketones is 1. The lowest BCUT2D eigenvalue weighted by atomic mass is 9.97. The second-order valence-electron chi connectivity index (χ2n) is 8.91. The van der Waals surface area contributed by atoms with Crippen LogP contribution in [0.1, 0.15) is 73.2 Å². The molecule has 0 fully saturated rings. The van der Waals surface area contributed by atoms with Crippen LogP contribution in [0.2, 0.25) is 0 Å². The fourth-order valence-electron chi connectivity index (χ4n) is 4.23. The van der Waals surface area contributed by atoms with Crippen molar-refractivity contribution in [3.8, 4) is 0 Å². The highest BCUT2D eigenvalue weighted by Crippen LogP contribution is 2.37. The van der Waals surface area contributed by atoms with E-state index >= 15 is 0 Å². The molecule has 0 bridgehead atoms. The lowest BCUT2D eigenvalue weighted by Crippen LogP contribution is -2.40. The van der Waals surface area contributed by atoms with Crippen LogP contribution < -0.4 is 4.72 Å². The summed E-state index contributed by atoms with van der Waals surface area (Å²) in [6.45, 7) is 4.35. The zero-order valence-corrected chi connectivity index (χ0v) is 21.1. The first kappa shape index (κ1) is 25.6. The van der Waals surface area contributed by atoms with E-state index in [1.165, 1.54) is 24.0 Å². The number of allylic oxidation sites excluding steroid dienone is 1. The molecule has 0 atom stereocenters. The van der Waals surface area contributed by atoms with Gasteiger partial charge in [0.15, 0.2) is 0 Å². The third-order valence-corrected chi connectivity index (χ3v) is 9.10. The number of nitrogens with one attached hydrogen (secondary N) is 1. The lowest BCUT2D eigenvalue weighted by Gasteiger charge is -2.26. The molecule has 1 N–H and O–H groups in total. The monoisotopic (exact) mass is 496 g/mol. The largest absolute Gasteiger partial charge is 0.465 e. The first-order valence-electron chi connectivity index (χ1n) is 11.4. The van der Waals surface area contributed by atoms with Crippen molar-refractivity contribution in [3.05, 3.63) is 27.7 Å². The van der Waals surface area contributed by atoms with E-state index in [9.17, 15) is 22.8 Å². The van der Waals surface area contributed by atoms with E-state index < -0.39 is 27.7 Å². The maximum atomic E-state index is 13.1. The van der Waals surface area contributed by atoms with Crippen molar-refractivity contribution >= 4 is 39.0 Å². The molecule has 0 unspecified atom stereocenters. The van der Waals surface area contributed by atoms with Gasteiger partial charge in [-0.05, 0) is 50.0 Å². The summed E-state index contributed by atoms with van der Waals surface area (Å²) in [6, 6.07) is 0. The number of nitrogens with zero attached hydrogens (tertiary/aromatic N) is 1. The molecule has 8 nitrogen and oxygen atoms in total. The van der Waals surface area contributed by atoms with Crippen LogP contribution in [0.5, 0.6) is 0 Å². The molecule has 0 radical (unpaired) electrons. The Morgan fingerprint density at radius 1 is 1.21 bits per heavy atom. The van der Waals surface area contributed by atoms with Crippen molar-refractivity contribution in [2.45, 2.75) is 69.5 Å². The highest BCUT2D eigenvalue weighted by Gasteiger charge is 2.35. The quantitative estimate of drug-likeness (QED) is 0.319. The number of sulfonamides is 1. The number of thiophene rings is 1. The van der Waals surface area contributed by atoms with E-state index in [0.29, 0.717) is 23.3 Å². The fourth-order valence-corrected chi connectivity index (χ4v) is 7.20. The Labute approximate surface area is 199 Å². The van der Waals surface area contributed by atoms with Gasteiger partial charge in [0.05, 0.1) is 19.2 Å². The van der Waals surface area contributed by atoms with Gasteiger partial charge in [-0.1, -0.05) is 25.5 Å². The molecule has 1 aliphatic carbocycles. The van der Waals surface area contributed by atoms with Crippen LogP contribution in [0.3, 0.4) is 0 Å². The van der Waals surface area contributed by atoms with Crippen LogP contribution in [0.25, 0.3) is 0 Å². The molecule has 2 aliphatic rings. The van der Waals surface area contributed by atoms with E-state index in [1.807, 2.05) is 13.8 Å². The molecule has 2 heterocycles. The molecule has 0 aromatic carbocycles. The molecule has 0 spiro atoms. The van der Waals surface area contributed by atoms with E-state index in [1.54, 1.807) is 0 Å². The molecule has 1 aliphatic heterocycles. The van der Waals surface area contributed by atoms with Crippen LogP contribution in [0.4, 0.5) is 0 Å².